The summed E-state index contributed by atoms with van der Waals surface area (Å²) in [6.07, 6.45) is 2.22. The third-order valence-electron chi connectivity index (χ3n) is 4.45. The van der Waals surface area contributed by atoms with Crippen LogP contribution in [-0.4, -0.2) is 37.8 Å². The van der Waals surface area contributed by atoms with Gasteiger partial charge < -0.3 is 5.32 Å². The number of sulfonamides is 1. The molecule has 0 fully saturated rings. The van der Waals surface area contributed by atoms with Crippen molar-refractivity contribution in [3.8, 4) is 0 Å². The lowest BCUT2D eigenvalue weighted by Gasteiger charge is -2.23. The molecule has 0 radical (unpaired) electrons. The van der Waals surface area contributed by atoms with E-state index in [0.717, 1.165) is 22.7 Å². The second-order valence-electron chi connectivity index (χ2n) is 6.91. The Morgan fingerprint density at radius 3 is 2.48 bits per heavy atom. The molecule has 0 saturated carbocycles. The molecule has 1 N–H and O–H groups in total. The number of halogens is 2. The van der Waals surface area contributed by atoms with Crippen molar-refractivity contribution in [2.24, 2.45) is 0 Å². The summed E-state index contributed by atoms with van der Waals surface area (Å²) in [6, 6.07) is 13.8. The summed E-state index contributed by atoms with van der Waals surface area (Å²) >= 11 is 12.1. The second-order valence-corrected chi connectivity index (χ2v) is 9.66. The smallest absolute Gasteiger partial charge is 0.245 e. The van der Waals surface area contributed by atoms with Crippen LogP contribution in [0.2, 0.25) is 10.0 Å². The predicted molar refractivity (Wildman–Crippen MR) is 118 cm³/mol. The Bertz CT molecular complexity index is 921. The molecule has 2 aromatic rings. The van der Waals surface area contributed by atoms with E-state index in [9.17, 15) is 13.2 Å². The normalized spacial score (nSPS) is 12.7. The van der Waals surface area contributed by atoms with Crippen molar-refractivity contribution in [2.45, 2.75) is 44.0 Å². The molecule has 0 aliphatic heterocycles. The average Bonchev–Trinajstić information content (AvgIpc) is 2.67. The minimum Gasteiger partial charge on any atom is -0.353 e. The van der Waals surface area contributed by atoms with Gasteiger partial charge in [-0.05, 0) is 43.5 Å². The minimum atomic E-state index is -4.01. The van der Waals surface area contributed by atoms with Crippen LogP contribution >= 0.6 is 23.2 Å². The Morgan fingerprint density at radius 1 is 1.14 bits per heavy atom. The summed E-state index contributed by atoms with van der Waals surface area (Å²) in [5.41, 5.74) is 0.977. The molecule has 5 nitrogen and oxygen atoms in total. The zero-order valence-electron chi connectivity index (χ0n) is 16.6. The van der Waals surface area contributed by atoms with Crippen molar-refractivity contribution in [3.63, 3.8) is 0 Å². The molecule has 0 spiro atoms. The van der Waals surface area contributed by atoms with E-state index in [1.54, 1.807) is 0 Å². The van der Waals surface area contributed by atoms with Gasteiger partial charge in [-0.25, -0.2) is 8.42 Å². The van der Waals surface area contributed by atoms with Crippen LogP contribution in [0.25, 0.3) is 0 Å². The van der Waals surface area contributed by atoms with E-state index < -0.39 is 10.0 Å². The van der Waals surface area contributed by atoms with E-state index >= 15 is 0 Å². The zero-order valence-corrected chi connectivity index (χ0v) is 18.9. The number of carbonyl (C=O) groups excluding carboxylic acids is 1. The Labute approximate surface area is 183 Å². The van der Waals surface area contributed by atoms with Gasteiger partial charge in [0.2, 0.25) is 15.9 Å². The second kappa shape index (κ2) is 11.0. The van der Waals surface area contributed by atoms with Crippen LogP contribution in [0.15, 0.2) is 53.4 Å². The number of benzene rings is 2. The van der Waals surface area contributed by atoms with E-state index in [1.807, 2.05) is 44.2 Å². The van der Waals surface area contributed by atoms with Gasteiger partial charge in [-0.15, -0.1) is 0 Å². The van der Waals surface area contributed by atoms with E-state index in [2.05, 4.69) is 5.32 Å². The maximum atomic E-state index is 13.3. The zero-order chi connectivity index (χ0) is 21.4. The van der Waals surface area contributed by atoms with Crippen molar-refractivity contribution >= 4 is 39.1 Å². The van der Waals surface area contributed by atoms with E-state index in [0.29, 0.717) is 6.42 Å². The Hall–Kier alpha value is -1.60. The number of nitrogens with zero attached hydrogens (tertiary/aromatic N) is 1. The fourth-order valence-corrected chi connectivity index (χ4v) is 5.12. The molecule has 1 amide bonds. The topological polar surface area (TPSA) is 66.5 Å². The van der Waals surface area contributed by atoms with E-state index in [4.69, 9.17) is 23.2 Å². The largest absolute Gasteiger partial charge is 0.353 e. The van der Waals surface area contributed by atoms with Gasteiger partial charge in [0.1, 0.15) is 4.90 Å². The number of hydrogen-bond donors (Lipinski definition) is 1. The molecule has 0 aliphatic rings. The highest BCUT2D eigenvalue weighted by Gasteiger charge is 2.29. The minimum absolute atomic E-state index is 0.0269. The molecule has 0 unspecified atom stereocenters. The third-order valence-corrected chi connectivity index (χ3v) is 7.01. The van der Waals surface area contributed by atoms with Crippen molar-refractivity contribution in [1.82, 2.24) is 9.62 Å². The molecule has 2 rings (SSSR count). The summed E-state index contributed by atoms with van der Waals surface area (Å²) in [5, 5.41) is 3.18. The van der Waals surface area contributed by atoms with E-state index in [1.165, 1.54) is 18.2 Å². The quantitative estimate of drug-likeness (QED) is 0.570. The Balaban J connectivity index is 2.27. The monoisotopic (exact) mass is 456 g/mol. The molecular formula is C21H26Cl2N2O3S. The maximum Gasteiger partial charge on any atom is 0.245 e. The van der Waals surface area contributed by atoms with Crippen LogP contribution < -0.4 is 5.32 Å². The molecule has 0 aliphatic carbocycles. The number of amides is 1. The Kier molecular flexibility index (Phi) is 8.96. The molecule has 8 heteroatoms. The highest BCUT2D eigenvalue weighted by atomic mass is 35.5. The number of hydrogen-bond acceptors (Lipinski definition) is 3. The van der Waals surface area contributed by atoms with Crippen LogP contribution in [0.4, 0.5) is 0 Å². The van der Waals surface area contributed by atoms with Gasteiger partial charge in [-0.1, -0.05) is 66.9 Å². The molecular weight excluding hydrogens is 431 g/mol. The highest BCUT2D eigenvalue weighted by Crippen LogP contribution is 2.28. The molecule has 0 aromatic heterocycles. The summed E-state index contributed by atoms with van der Waals surface area (Å²) in [6.45, 7) is 3.79. The predicted octanol–water partition coefficient (Wildman–Crippen LogP) is 4.53. The molecule has 29 heavy (non-hydrogen) atoms. The van der Waals surface area contributed by atoms with Gasteiger partial charge in [0, 0.05) is 17.6 Å². The lowest BCUT2D eigenvalue weighted by molar-refractivity contribution is -0.121. The summed E-state index contributed by atoms with van der Waals surface area (Å²) in [7, 11) is -4.01. The van der Waals surface area contributed by atoms with Crippen LogP contribution in [0.1, 0.15) is 32.3 Å². The van der Waals surface area contributed by atoms with Crippen molar-refractivity contribution in [2.75, 3.05) is 13.1 Å². The van der Waals surface area contributed by atoms with Gasteiger partial charge in [0.25, 0.3) is 0 Å². The molecule has 0 heterocycles. The number of nitrogens with one attached hydrogen (secondary N) is 1. The molecule has 158 valence electrons. The van der Waals surface area contributed by atoms with Gasteiger partial charge >= 0.3 is 0 Å². The first-order chi connectivity index (χ1) is 13.7. The first kappa shape index (κ1) is 23.7. The lowest BCUT2D eigenvalue weighted by atomic mass is 10.1. The summed E-state index contributed by atoms with van der Waals surface area (Å²) in [4.78, 5) is 12.4. The molecule has 2 aromatic carbocycles. The summed E-state index contributed by atoms with van der Waals surface area (Å²) < 4.78 is 27.7. The molecule has 0 bridgehead atoms. The fourth-order valence-electron chi connectivity index (χ4n) is 2.98. The van der Waals surface area contributed by atoms with Gasteiger partial charge in [-0.3, -0.25) is 4.79 Å². The van der Waals surface area contributed by atoms with Crippen LogP contribution in [-0.2, 0) is 21.2 Å². The first-order valence-electron chi connectivity index (χ1n) is 9.52. The average molecular weight is 457 g/mol. The van der Waals surface area contributed by atoms with Crippen molar-refractivity contribution in [3.05, 3.63) is 64.1 Å². The van der Waals surface area contributed by atoms with Gasteiger partial charge in [0.05, 0.1) is 11.6 Å². The van der Waals surface area contributed by atoms with Gasteiger partial charge in [0.15, 0.2) is 0 Å². The fraction of sp³-hybridized carbons (Fsp3) is 0.381. The van der Waals surface area contributed by atoms with E-state index in [-0.39, 0.29) is 40.0 Å². The Morgan fingerprint density at radius 2 is 1.83 bits per heavy atom. The number of rotatable bonds is 10. The SMILES string of the molecule is CCC[C@H](C)NC(=O)CN(CCc1ccccc1)S(=O)(=O)c1cc(Cl)ccc1Cl. The number of carbonyl (C=O) groups is 1. The van der Waals surface area contributed by atoms with Crippen LogP contribution in [0, 0.1) is 0 Å². The molecule has 1 atom stereocenters. The summed E-state index contributed by atoms with van der Waals surface area (Å²) in [5.74, 6) is -0.347. The highest BCUT2D eigenvalue weighted by molar-refractivity contribution is 7.89. The van der Waals surface area contributed by atoms with Gasteiger partial charge in [-0.2, -0.15) is 4.31 Å². The van der Waals surface area contributed by atoms with Crippen LogP contribution in [0.5, 0.6) is 0 Å². The first-order valence-corrected chi connectivity index (χ1v) is 11.7. The third kappa shape index (κ3) is 7.00. The van der Waals surface area contributed by atoms with Crippen LogP contribution in [0.3, 0.4) is 0 Å². The lowest BCUT2D eigenvalue weighted by Crippen LogP contribution is -2.44. The van der Waals surface area contributed by atoms with Crippen molar-refractivity contribution < 1.29 is 13.2 Å². The standard InChI is InChI=1S/C21H26Cl2N2O3S/c1-3-7-16(2)24-21(26)15-25(13-12-17-8-5-4-6-9-17)29(27,28)20-14-18(22)10-11-19(20)23/h4-6,8-11,14,16H,3,7,12-13,15H2,1-2H3,(H,24,26)/t16-/m0/s1. The maximum absolute atomic E-state index is 13.3. The van der Waals surface area contributed by atoms with Crippen molar-refractivity contribution in [1.29, 1.82) is 0 Å². The molecule has 0 saturated heterocycles.